The molecule has 0 saturated carbocycles. The van der Waals surface area contributed by atoms with Crippen molar-refractivity contribution in [3.05, 3.63) is 62.5 Å². The van der Waals surface area contributed by atoms with E-state index in [1.807, 2.05) is 0 Å². The Kier molecular flexibility index (Phi) is 11.0. The first kappa shape index (κ1) is 27.6. The number of rotatable bonds is 13. The van der Waals surface area contributed by atoms with E-state index >= 15 is 0 Å². The summed E-state index contributed by atoms with van der Waals surface area (Å²) < 4.78 is 5.58. The zero-order valence-electron chi connectivity index (χ0n) is 20.8. The zero-order chi connectivity index (χ0) is 25.8. The van der Waals surface area contributed by atoms with Gasteiger partial charge in [0, 0.05) is 28.6 Å². The molecule has 8 nitrogen and oxygen atoms in total. The standard InChI is InChI=1S/C27H35N3O5/c1-5-7-8-9-10-11-14-18-35-27(32)24-20(4)29-19(3)23(26(31)28-17-6-2)25(24)21-15-12-13-16-22(21)30(33)34/h2,12-13,15-16,25,29H,5,7-11,14,17-18H2,1,3-4H3,(H,28,31). The average Bonchev–Trinajstić information content (AvgIpc) is 2.83. The minimum atomic E-state index is -0.975. The summed E-state index contributed by atoms with van der Waals surface area (Å²) in [5.74, 6) is 0.276. The first-order chi connectivity index (χ1) is 16.8. The number of hydrogen-bond acceptors (Lipinski definition) is 6. The van der Waals surface area contributed by atoms with Gasteiger partial charge in [-0.25, -0.2) is 4.79 Å². The summed E-state index contributed by atoms with van der Waals surface area (Å²) in [6, 6.07) is 6.12. The smallest absolute Gasteiger partial charge is 0.336 e. The lowest BCUT2D eigenvalue weighted by molar-refractivity contribution is -0.385. The maximum absolute atomic E-state index is 13.3. The molecule has 1 amide bonds. The Labute approximate surface area is 207 Å². The number of carbonyl (C=O) groups excluding carboxylic acids is 2. The van der Waals surface area contributed by atoms with Gasteiger partial charge in [-0.3, -0.25) is 14.9 Å². The fourth-order valence-electron chi connectivity index (χ4n) is 4.30. The molecule has 0 saturated heterocycles. The number of para-hydroxylation sites is 1. The van der Waals surface area contributed by atoms with E-state index in [0.717, 1.165) is 25.7 Å². The topological polar surface area (TPSA) is 111 Å². The molecule has 8 heteroatoms. The second-order valence-corrected chi connectivity index (χ2v) is 8.60. The van der Waals surface area contributed by atoms with Crippen LogP contribution in [0.3, 0.4) is 0 Å². The average molecular weight is 482 g/mol. The predicted molar refractivity (Wildman–Crippen MR) is 135 cm³/mol. The van der Waals surface area contributed by atoms with Crippen LogP contribution in [0.5, 0.6) is 0 Å². The second kappa shape index (κ2) is 14.0. The van der Waals surface area contributed by atoms with Gasteiger partial charge in [-0.1, -0.05) is 69.6 Å². The third kappa shape index (κ3) is 7.44. The maximum atomic E-state index is 13.3. The van der Waals surface area contributed by atoms with Crippen LogP contribution in [0.1, 0.15) is 77.2 Å². The van der Waals surface area contributed by atoms with Crippen molar-refractivity contribution < 1.29 is 19.2 Å². The Hall–Kier alpha value is -3.60. The van der Waals surface area contributed by atoms with Crippen LogP contribution < -0.4 is 10.6 Å². The van der Waals surface area contributed by atoms with Gasteiger partial charge in [0.2, 0.25) is 0 Å². The molecule has 2 rings (SSSR count). The lowest BCUT2D eigenvalue weighted by Crippen LogP contribution is -2.37. The highest BCUT2D eigenvalue weighted by atomic mass is 16.6. The van der Waals surface area contributed by atoms with Gasteiger partial charge in [0.25, 0.3) is 11.6 Å². The Balaban J connectivity index is 2.32. The number of esters is 1. The molecule has 1 heterocycles. The molecule has 1 aromatic rings. The molecule has 1 atom stereocenters. The van der Waals surface area contributed by atoms with E-state index in [1.54, 1.807) is 32.0 Å². The molecule has 1 unspecified atom stereocenters. The third-order valence-corrected chi connectivity index (χ3v) is 6.00. The molecule has 2 N–H and O–H groups in total. The summed E-state index contributed by atoms with van der Waals surface area (Å²) in [7, 11) is 0. The highest BCUT2D eigenvalue weighted by molar-refractivity contribution is 6.02. The molecule has 0 fully saturated rings. The highest BCUT2D eigenvalue weighted by Crippen LogP contribution is 2.42. The highest BCUT2D eigenvalue weighted by Gasteiger charge is 2.40. The van der Waals surface area contributed by atoms with Gasteiger partial charge >= 0.3 is 5.97 Å². The summed E-state index contributed by atoms with van der Waals surface area (Å²) in [4.78, 5) is 37.6. The van der Waals surface area contributed by atoms with Gasteiger partial charge in [0.1, 0.15) is 0 Å². The van der Waals surface area contributed by atoms with Crippen LogP contribution in [0.25, 0.3) is 0 Å². The summed E-state index contributed by atoms with van der Waals surface area (Å²) in [6.45, 7) is 5.80. The first-order valence-electron chi connectivity index (χ1n) is 12.1. The molecule has 0 aromatic heterocycles. The zero-order valence-corrected chi connectivity index (χ0v) is 20.8. The number of terminal acetylenes is 1. The number of carbonyl (C=O) groups is 2. The maximum Gasteiger partial charge on any atom is 0.336 e. The number of ether oxygens (including phenoxy) is 1. The molecular formula is C27H35N3O5. The van der Waals surface area contributed by atoms with Gasteiger partial charge in [0.05, 0.1) is 29.6 Å². The summed E-state index contributed by atoms with van der Waals surface area (Å²) in [6.07, 6.45) is 12.9. The molecule has 1 aromatic carbocycles. The molecule has 0 aliphatic carbocycles. The number of allylic oxidation sites excluding steroid dienone is 2. The molecule has 0 radical (unpaired) electrons. The van der Waals surface area contributed by atoms with Gasteiger partial charge in [0.15, 0.2) is 0 Å². The monoisotopic (exact) mass is 481 g/mol. The Morgan fingerprint density at radius 2 is 1.71 bits per heavy atom. The van der Waals surface area contributed by atoms with Gasteiger partial charge in [-0.2, -0.15) is 0 Å². The lowest BCUT2D eigenvalue weighted by Gasteiger charge is -2.30. The van der Waals surface area contributed by atoms with Crippen molar-refractivity contribution in [3.8, 4) is 12.3 Å². The fraction of sp³-hybridized carbons (Fsp3) is 0.481. The number of benzene rings is 1. The van der Waals surface area contributed by atoms with Crippen LogP contribution in [0.4, 0.5) is 5.69 Å². The van der Waals surface area contributed by atoms with Crippen molar-refractivity contribution in [1.82, 2.24) is 10.6 Å². The van der Waals surface area contributed by atoms with Gasteiger partial charge in [-0.05, 0) is 20.3 Å². The van der Waals surface area contributed by atoms with Crippen LogP contribution in [0, 0.1) is 22.5 Å². The Bertz CT molecular complexity index is 1040. The van der Waals surface area contributed by atoms with Crippen LogP contribution in [0.15, 0.2) is 46.8 Å². The molecule has 0 spiro atoms. The number of nitro groups is 1. The van der Waals surface area contributed by atoms with E-state index in [0.29, 0.717) is 11.4 Å². The van der Waals surface area contributed by atoms with Crippen molar-refractivity contribution in [2.45, 2.75) is 71.6 Å². The largest absolute Gasteiger partial charge is 0.462 e. The van der Waals surface area contributed by atoms with E-state index in [9.17, 15) is 19.7 Å². The molecule has 0 bridgehead atoms. The second-order valence-electron chi connectivity index (χ2n) is 8.60. The van der Waals surface area contributed by atoms with Crippen molar-refractivity contribution in [2.75, 3.05) is 13.2 Å². The van der Waals surface area contributed by atoms with Crippen molar-refractivity contribution in [1.29, 1.82) is 0 Å². The molecule has 35 heavy (non-hydrogen) atoms. The quantitative estimate of drug-likeness (QED) is 0.137. The number of amides is 1. The summed E-state index contributed by atoms with van der Waals surface area (Å²) in [5.41, 5.74) is 1.42. The van der Waals surface area contributed by atoms with Crippen LogP contribution >= 0.6 is 0 Å². The van der Waals surface area contributed by atoms with Crippen molar-refractivity contribution in [3.63, 3.8) is 0 Å². The summed E-state index contributed by atoms with van der Waals surface area (Å²) >= 11 is 0. The van der Waals surface area contributed by atoms with Crippen LogP contribution in [-0.2, 0) is 14.3 Å². The van der Waals surface area contributed by atoms with Crippen molar-refractivity contribution >= 4 is 17.6 Å². The number of nitrogens with one attached hydrogen (secondary N) is 2. The minimum Gasteiger partial charge on any atom is -0.462 e. The van der Waals surface area contributed by atoms with E-state index in [4.69, 9.17) is 11.2 Å². The predicted octanol–water partition coefficient (Wildman–Crippen LogP) is 4.87. The summed E-state index contributed by atoms with van der Waals surface area (Å²) in [5, 5.41) is 17.5. The normalized spacial score (nSPS) is 15.3. The fourth-order valence-corrected chi connectivity index (χ4v) is 4.30. The molecule has 1 aliphatic heterocycles. The Morgan fingerprint density at radius 3 is 2.37 bits per heavy atom. The minimum absolute atomic E-state index is 0.0139. The van der Waals surface area contributed by atoms with E-state index < -0.39 is 22.7 Å². The number of nitrogens with zero attached hydrogens (tertiary/aromatic N) is 1. The van der Waals surface area contributed by atoms with Crippen LogP contribution in [-0.4, -0.2) is 30.0 Å². The third-order valence-electron chi connectivity index (χ3n) is 6.00. The number of dihydropyridines is 1. The van der Waals surface area contributed by atoms with E-state index in [2.05, 4.69) is 23.5 Å². The van der Waals surface area contributed by atoms with Crippen molar-refractivity contribution in [2.24, 2.45) is 0 Å². The number of hydrogen-bond donors (Lipinski definition) is 2. The first-order valence-corrected chi connectivity index (χ1v) is 12.1. The SMILES string of the molecule is C#CCNC(=O)C1=C(C)NC(C)=C(C(=O)OCCCCCCCCC)C1c1ccccc1[N+](=O)[O-]. The lowest BCUT2D eigenvalue weighted by atomic mass is 9.79. The molecule has 1 aliphatic rings. The van der Waals surface area contributed by atoms with Crippen LogP contribution in [0.2, 0.25) is 0 Å². The van der Waals surface area contributed by atoms with E-state index in [1.165, 1.54) is 25.3 Å². The number of nitro benzene ring substituents is 1. The Morgan fingerprint density at radius 1 is 1.09 bits per heavy atom. The van der Waals surface area contributed by atoms with Gasteiger partial charge < -0.3 is 15.4 Å². The van der Waals surface area contributed by atoms with E-state index in [-0.39, 0.29) is 35.5 Å². The molecule has 188 valence electrons. The molecular weight excluding hydrogens is 446 g/mol. The number of unbranched alkanes of at least 4 members (excludes halogenated alkanes) is 6. The van der Waals surface area contributed by atoms with Gasteiger partial charge in [-0.15, -0.1) is 6.42 Å².